The number of benzene rings is 1. The summed E-state index contributed by atoms with van der Waals surface area (Å²) < 4.78 is 0. The van der Waals surface area contributed by atoms with Gasteiger partial charge in [0, 0.05) is 18.5 Å². The largest absolute Gasteiger partial charge is 0.346 e. The number of nitrogens with zero attached hydrogens (tertiary/aromatic N) is 2. The van der Waals surface area contributed by atoms with Gasteiger partial charge in [-0.3, -0.25) is 9.89 Å². The fourth-order valence-electron chi connectivity index (χ4n) is 2.95. The average Bonchev–Trinajstić information content (AvgIpc) is 3.14. The van der Waals surface area contributed by atoms with Crippen molar-refractivity contribution in [2.24, 2.45) is 0 Å². The average molecular weight is 339 g/mol. The van der Waals surface area contributed by atoms with Crippen molar-refractivity contribution in [1.29, 1.82) is 0 Å². The number of carbonyl (C=O) groups is 1. The van der Waals surface area contributed by atoms with Gasteiger partial charge in [-0.1, -0.05) is 13.0 Å². The van der Waals surface area contributed by atoms with Gasteiger partial charge in [-0.15, -0.1) is 0 Å². The number of aromatic nitrogens is 4. The molecule has 0 aliphatic carbocycles. The molecule has 0 saturated carbocycles. The summed E-state index contributed by atoms with van der Waals surface area (Å²) >= 11 is 0. The Morgan fingerprint density at radius 2 is 2.08 bits per heavy atom. The van der Waals surface area contributed by atoms with Gasteiger partial charge in [-0.05, 0) is 50.5 Å². The van der Waals surface area contributed by atoms with Crippen molar-refractivity contribution in [2.45, 2.75) is 53.0 Å². The van der Waals surface area contributed by atoms with E-state index < -0.39 is 0 Å². The summed E-state index contributed by atoms with van der Waals surface area (Å²) in [4.78, 5) is 20.3. The van der Waals surface area contributed by atoms with E-state index in [1.807, 2.05) is 32.9 Å². The zero-order valence-electron chi connectivity index (χ0n) is 15.2. The van der Waals surface area contributed by atoms with Crippen molar-refractivity contribution in [3.63, 3.8) is 0 Å². The highest BCUT2D eigenvalue weighted by Gasteiger charge is 2.17. The lowest BCUT2D eigenvalue weighted by Crippen LogP contribution is -2.29. The number of nitrogens with one attached hydrogen (secondary N) is 3. The predicted molar refractivity (Wildman–Crippen MR) is 98.4 cm³/mol. The number of fused-ring (bicyclic) bond motifs is 1. The molecule has 2 aromatic heterocycles. The van der Waals surface area contributed by atoms with Gasteiger partial charge in [0.15, 0.2) is 0 Å². The van der Waals surface area contributed by atoms with E-state index in [0.717, 1.165) is 40.2 Å². The molecule has 1 aromatic carbocycles. The minimum absolute atomic E-state index is 0.0172. The van der Waals surface area contributed by atoms with Crippen molar-refractivity contribution >= 4 is 16.9 Å². The number of hydrogen-bond donors (Lipinski definition) is 3. The van der Waals surface area contributed by atoms with Crippen LogP contribution in [0.25, 0.3) is 11.0 Å². The maximum absolute atomic E-state index is 12.4. The minimum atomic E-state index is -0.109. The van der Waals surface area contributed by atoms with Crippen LogP contribution >= 0.6 is 0 Å². The number of hydrogen-bond acceptors (Lipinski definition) is 3. The monoisotopic (exact) mass is 339 g/mol. The molecule has 1 amide bonds. The lowest BCUT2D eigenvalue weighted by Gasteiger charge is -2.14. The normalized spacial score (nSPS) is 12.5. The second-order valence-electron chi connectivity index (χ2n) is 6.59. The number of carbonyl (C=O) groups excluding carboxylic acids is 1. The first-order valence-corrected chi connectivity index (χ1v) is 8.74. The van der Waals surface area contributed by atoms with E-state index in [2.05, 4.69) is 38.5 Å². The summed E-state index contributed by atoms with van der Waals surface area (Å²) in [7, 11) is 0. The van der Waals surface area contributed by atoms with Crippen molar-refractivity contribution in [3.05, 3.63) is 46.5 Å². The lowest BCUT2D eigenvalue weighted by molar-refractivity contribution is -0.121. The number of imidazole rings is 1. The van der Waals surface area contributed by atoms with Gasteiger partial charge < -0.3 is 10.3 Å². The zero-order valence-corrected chi connectivity index (χ0v) is 15.2. The highest BCUT2D eigenvalue weighted by Crippen LogP contribution is 2.20. The van der Waals surface area contributed by atoms with Crippen LogP contribution in [0.4, 0.5) is 0 Å². The van der Waals surface area contributed by atoms with E-state index in [1.165, 1.54) is 5.56 Å². The maximum Gasteiger partial charge on any atom is 0.220 e. The molecule has 3 aromatic rings. The van der Waals surface area contributed by atoms with E-state index in [4.69, 9.17) is 0 Å². The van der Waals surface area contributed by atoms with E-state index in [9.17, 15) is 4.79 Å². The van der Waals surface area contributed by atoms with Crippen LogP contribution in [0.5, 0.6) is 0 Å². The van der Waals surface area contributed by atoms with Gasteiger partial charge in [-0.2, -0.15) is 5.10 Å². The molecule has 3 N–H and O–H groups in total. The van der Waals surface area contributed by atoms with Crippen LogP contribution < -0.4 is 5.32 Å². The summed E-state index contributed by atoms with van der Waals surface area (Å²) in [5.41, 5.74) is 6.26. The molecule has 6 heteroatoms. The van der Waals surface area contributed by atoms with Gasteiger partial charge >= 0.3 is 0 Å². The topological polar surface area (TPSA) is 86.5 Å². The smallest absolute Gasteiger partial charge is 0.220 e. The third kappa shape index (κ3) is 3.73. The molecule has 2 heterocycles. The molecule has 0 saturated heterocycles. The molecule has 0 spiro atoms. The van der Waals surface area contributed by atoms with Crippen LogP contribution in [0, 0.1) is 20.8 Å². The second-order valence-corrected chi connectivity index (χ2v) is 6.59. The van der Waals surface area contributed by atoms with Crippen LogP contribution in [0.1, 0.15) is 54.1 Å². The molecule has 0 aliphatic rings. The minimum Gasteiger partial charge on any atom is -0.346 e. The van der Waals surface area contributed by atoms with Crippen molar-refractivity contribution in [3.8, 4) is 0 Å². The molecule has 0 aliphatic heterocycles. The Kier molecular flexibility index (Phi) is 4.88. The van der Waals surface area contributed by atoms with Gasteiger partial charge in [0.25, 0.3) is 0 Å². The number of H-pyrrole nitrogens is 2. The number of rotatable bonds is 6. The highest BCUT2D eigenvalue weighted by molar-refractivity contribution is 5.78. The molecule has 25 heavy (non-hydrogen) atoms. The van der Waals surface area contributed by atoms with Crippen molar-refractivity contribution < 1.29 is 4.79 Å². The summed E-state index contributed by atoms with van der Waals surface area (Å²) in [6.45, 7) is 8.11. The molecule has 6 nitrogen and oxygen atoms in total. The lowest BCUT2D eigenvalue weighted by atomic mass is 10.1. The SMILES string of the molecule is CC[C@@H](NC(=O)CCc1n[nH]c(C)c1C)c1nc2ccc(C)cc2[nH]1. The van der Waals surface area contributed by atoms with Gasteiger partial charge in [0.1, 0.15) is 5.82 Å². The Bertz CT molecular complexity index is 892. The highest BCUT2D eigenvalue weighted by atomic mass is 16.1. The summed E-state index contributed by atoms with van der Waals surface area (Å²) in [5.74, 6) is 0.826. The Balaban J connectivity index is 1.66. The molecule has 1 atom stereocenters. The van der Waals surface area contributed by atoms with Crippen LogP contribution in [-0.2, 0) is 11.2 Å². The molecule has 0 bridgehead atoms. The van der Waals surface area contributed by atoms with E-state index in [-0.39, 0.29) is 11.9 Å². The summed E-state index contributed by atoms with van der Waals surface area (Å²) in [6.07, 6.45) is 1.84. The number of aromatic amines is 2. The molecule has 0 fully saturated rings. The van der Waals surface area contributed by atoms with Crippen LogP contribution in [0.2, 0.25) is 0 Å². The Morgan fingerprint density at radius 1 is 1.28 bits per heavy atom. The second kappa shape index (κ2) is 7.09. The number of aryl methyl sites for hydroxylation is 3. The third-order valence-electron chi connectivity index (χ3n) is 4.67. The molecular formula is C19H25N5O. The zero-order chi connectivity index (χ0) is 18.0. The van der Waals surface area contributed by atoms with Gasteiger partial charge in [-0.25, -0.2) is 4.98 Å². The molecular weight excluding hydrogens is 314 g/mol. The fourth-order valence-corrected chi connectivity index (χ4v) is 2.95. The standard InChI is InChI=1S/C19H25N5O/c1-5-14(19-21-16-7-6-11(2)10-17(16)22-19)20-18(25)9-8-15-12(3)13(4)23-24-15/h6-7,10,14H,5,8-9H2,1-4H3,(H,20,25)(H,21,22)(H,23,24)/t14-/m1/s1. The first-order chi connectivity index (χ1) is 12.0. The van der Waals surface area contributed by atoms with Crippen LogP contribution in [0.15, 0.2) is 18.2 Å². The van der Waals surface area contributed by atoms with Gasteiger partial charge in [0.05, 0.1) is 22.8 Å². The summed E-state index contributed by atoms with van der Waals surface area (Å²) in [6, 6.07) is 6.01. The molecule has 0 unspecified atom stereocenters. The molecule has 132 valence electrons. The third-order valence-corrected chi connectivity index (χ3v) is 4.67. The number of amides is 1. The predicted octanol–water partition coefficient (Wildman–Crippen LogP) is 3.41. The van der Waals surface area contributed by atoms with Crippen LogP contribution in [0.3, 0.4) is 0 Å². The first kappa shape index (κ1) is 17.2. The van der Waals surface area contributed by atoms with Gasteiger partial charge in [0.2, 0.25) is 5.91 Å². The molecule has 0 radical (unpaired) electrons. The van der Waals surface area contributed by atoms with E-state index in [1.54, 1.807) is 0 Å². The Morgan fingerprint density at radius 3 is 2.76 bits per heavy atom. The van der Waals surface area contributed by atoms with Crippen molar-refractivity contribution in [1.82, 2.24) is 25.5 Å². The van der Waals surface area contributed by atoms with Crippen molar-refractivity contribution in [2.75, 3.05) is 0 Å². The first-order valence-electron chi connectivity index (χ1n) is 8.74. The Labute approximate surface area is 147 Å². The molecule has 3 rings (SSSR count). The summed E-state index contributed by atoms with van der Waals surface area (Å²) in [5, 5.41) is 10.3. The van der Waals surface area contributed by atoms with Crippen LogP contribution in [-0.4, -0.2) is 26.1 Å². The fraction of sp³-hybridized carbons (Fsp3) is 0.421. The quantitative estimate of drug-likeness (QED) is 0.643. The van der Waals surface area contributed by atoms with E-state index >= 15 is 0 Å². The van der Waals surface area contributed by atoms with E-state index in [0.29, 0.717) is 12.8 Å². The maximum atomic E-state index is 12.4. The Hall–Kier alpha value is -2.63.